The van der Waals surface area contributed by atoms with Crippen LogP contribution < -0.4 is 28.7 Å². The maximum Gasteiger partial charge on any atom is 0.137 e. The van der Waals surface area contributed by atoms with Crippen molar-refractivity contribution in [2.45, 2.75) is 20.8 Å². The Hall–Kier alpha value is -0.550. The molecule has 0 N–H and O–H groups in total. The molecule has 0 saturated carbocycles. The maximum absolute atomic E-state index is 5.82. The highest BCUT2D eigenvalue weighted by Crippen LogP contribution is 2.13. The van der Waals surface area contributed by atoms with Crippen molar-refractivity contribution >= 4 is 6.08 Å². The normalized spacial score (nSPS) is 10.7. The second kappa shape index (κ2) is 9.37. The number of quaternary nitrogens is 1. The SMILES string of the molecule is C=Cc1ccc(OCC[N+](CC)(CC)CC)cc1.[I-]. The van der Waals surface area contributed by atoms with Crippen LogP contribution in [-0.2, 0) is 0 Å². The van der Waals surface area contributed by atoms with Crippen LogP contribution in [0.15, 0.2) is 30.8 Å². The highest BCUT2D eigenvalue weighted by atomic mass is 127. The minimum atomic E-state index is 0. The lowest BCUT2D eigenvalue weighted by atomic mass is 10.2. The van der Waals surface area contributed by atoms with Gasteiger partial charge in [0.05, 0.1) is 19.6 Å². The molecule has 0 aliphatic rings. The first-order chi connectivity index (χ1) is 8.69. The summed E-state index contributed by atoms with van der Waals surface area (Å²) in [6, 6.07) is 8.08. The molecular weight excluding hydrogens is 349 g/mol. The van der Waals surface area contributed by atoms with Gasteiger partial charge in [-0.25, -0.2) is 0 Å². The first-order valence-corrected chi connectivity index (χ1v) is 6.90. The standard InChI is InChI=1S/C16H26NO.HI/c1-5-15-9-11-16(12-10-15)18-14-13-17(6-2,7-3)8-4;/h5,9-12H,1,6-8,13-14H2,2-4H3;1H/q+1;/p-1. The first kappa shape index (κ1) is 18.4. The number of rotatable bonds is 8. The van der Waals surface area contributed by atoms with E-state index in [0.717, 1.165) is 28.9 Å². The molecule has 1 aromatic rings. The van der Waals surface area contributed by atoms with Gasteiger partial charge in [-0.1, -0.05) is 24.8 Å². The monoisotopic (exact) mass is 375 g/mol. The van der Waals surface area contributed by atoms with E-state index in [-0.39, 0.29) is 24.0 Å². The molecule has 0 aromatic heterocycles. The lowest BCUT2D eigenvalue weighted by Crippen LogP contribution is -3.00. The number of benzene rings is 1. The average molecular weight is 375 g/mol. The maximum atomic E-state index is 5.82. The van der Waals surface area contributed by atoms with Crippen LogP contribution in [0.25, 0.3) is 6.08 Å². The zero-order valence-corrected chi connectivity index (χ0v) is 14.5. The molecule has 0 aliphatic heterocycles. The molecular formula is C16H26INO. The molecule has 0 heterocycles. The van der Waals surface area contributed by atoms with Gasteiger partial charge in [-0.15, -0.1) is 0 Å². The van der Waals surface area contributed by atoms with Gasteiger partial charge in [0.15, 0.2) is 0 Å². The average Bonchev–Trinajstić information content (AvgIpc) is 2.45. The Morgan fingerprint density at radius 1 is 1.05 bits per heavy atom. The lowest BCUT2D eigenvalue weighted by Gasteiger charge is -2.35. The molecule has 0 atom stereocenters. The van der Waals surface area contributed by atoms with Crippen molar-refractivity contribution in [3.8, 4) is 5.75 Å². The summed E-state index contributed by atoms with van der Waals surface area (Å²) in [4.78, 5) is 0. The van der Waals surface area contributed by atoms with Crippen LogP contribution in [0, 0.1) is 0 Å². The van der Waals surface area contributed by atoms with Crippen molar-refractivity contribution in [2.75, 3.05) is 32.8 Å². The van der Waals surface area contributed by atoms with Crippen molar-refractivity contribution < 1.29 is 33.2 Å². The largest absolute Gasteiger partial charge is 1.00 e. The fraction of sp³-hybridized carbons (Fsp3) is 0.500. The zero-order valence-electron chi connectivity index (χ0n) is 12.4. The number of halogens is 1. The highest BCUT2D eigenvalue weighted by molar-refractivity contribution is 5.48. The fourth-order valence-electron chi connectivity index (χ4n) is 2.20. The fourth-order valence-corrected chi connectivity index (χ4v) is 2.20. The van der Waals surface area contributed by atoms with Gasteiger partial charge < -0.3 is 33.2 Å². The predicted octanol–water partition coefficient (Wildman–Crippen LogP) is 0.589. The zero-order chi connectivity index (χ0) is 13.4. The minimum Gasteiger partial charge on any atom is -1.00 e. The molecule has 0 aliphatic carbocycles. The Kier molecular flexibility index (Phi) is 9.10. The molecule has 0 fully saturated rings. The molecule has 108 valence electrons. The quantitative estimate of drug-likeness (QED) is 0.478. The lowest BCUT2D eigenvalue weighted by molar-refractivity contribution is -0.923. The van der Waals surface area contributed by atoms with Gasteiger partial charge in [-0.2, -0.15) is 0 Å². The molecule has 0 spiro atoms. The predicted molar refractivity (Wildman–Crippen MR) is 78.8 cm³/mol. The van der Waals surface area contributed by atoms with Crippen LogP contribution in [0.1, 0.15) is 26.3 Å². The Bertz CT molecular complexity index is 349. The number of likely N-dealkylation sites (N-methyl/N-ethyl adjacent to an activating group) is 1. The summed E-state index contributed by atoms with van der Waals surface area (Å²) in [7, 11) is 0. The molecule has 0 bridgehead atoms. The summed E-state index contributed by atoms with van der Waals surface area (Å²) in [5, 5.41) is 0. The van der Waals surface area contributed by atoms with E-state index >= 15 is 0 Å². The van der Waals surface area contributed by atoms with Gasteiger partial charge in [0, 0.05) is 0 Å². The second-order valence-electron chi connectivity index (χ2n) is 4.64. The van der Waals surface area contributed by atoms with Crippen molar-refractivity contribution in [1.29, 1.82) is 0 Å². The van der Waals surface area contributed by atoms with Gasteiger partial charge in [0.2, 0.25) is 0 Å². The molecule has 3 heteroatoms. The van der Waals surface area contributed by atoms with Crippen molar-refractivity contribution in [1.82, 2.24) is 0 Å². The van der Waals surface area contributed by atoms with Gasteiger partial charge in [0.25, 0.3) is 0 Å². The van der Waals surface area contributed by atoms with E-state index in [0.29, 0.717) is 0 Å². The molecule has 0 saturated heterocycles. The number of hydrogen-bond donors (Lipinski definition) is 0. The van der Waals surface area contributed by atoms with E-state index in [1.165, 1.54) is 19.6 Å². The second-order valence-corrected chi connectivity index (χ2v) is 4.64. The summed E-state index contributed by atoms with van der Waals surface area (Å²) in [6.07, 6.45) is 1.84. The molecule has 0 unspecified atom stereocenters. The van der Waals surface area contributed by atoms with Gasteiger partial charge in [-0.3, -0.25) is 0 Å². The molecule has 1 aromatic carbocycles. The third-order valence-corrected chi connectivity index (χ3v) is 3.96. The van der Waals surface area contributed by atoms with Crippen LogP contribution in [0.5, 0.6) is 5.75 Å². The van der Waals surface area contributed by atoms with Crippen LogP contribution in [0.2, 0.25) is 0 Å². The van der Waals surface area contributed by atoms with E-state index < -0.39 is 0 Å². The number of nitrogens with zero attached hydrogens (tertiary/aromatic N) is 1. The Labute approximate surface area is 135 Å². The third-order valence-electron chi connectivity index (χ3n) is 3.96. The summed E-state index contributed by atoms with van der Waals surface area (Å²) in [5.41, 5.74) is 1.13. The van der Waals surface area contributed by atoms with E-state index in [4.69, 9.17) is 4.74 Å². The van der Waals surface area contributed by atoms with Crippen LogP contribution >= 0.6 is 0 Å². The first-order valence-electron chi connectivity index (χ1n) is 6.90. The Balaban J connectivity index is 0.00000324. The van der Waals surface area contributed by atoms with Crippen molar-refractivity contribution in [2.24, 2.45) is 0 Å². The summed E-state index contributed by atoms with van der Waals surface area (Å²) in [6.45, 7) is 15.9. The number of hydrogen-bond acceptors (Lipinski definition) is 1. The third kappa shape index (κ3) is 5.53. The van der Waals surface area contributed by atoms with E-state index in [1.807, 2.05) is 30.3 Å². The molecule has 1 rings (SSSR count). The van der Waals surface area contributed by atoms with E-state index in [1.54, 1.807) is 0 Å². The molecule has 0 radical (unpaired) electrons. The van der Waals surface area contributed by atoms with E-state index in [2.05, 4.69) is 27.4 Å². The van der Waals surface area contributed by atoms with E-state index in [9.17, 15) is 0 Å². The Morgan fingerprint density at radius 2 is 1.58 bits per heavy atom. The highest BCUT2D eigenvalue weighted by Gasteiger charge is 2.20. The van der Waals surface area contributed by atoms with Crippen LogP contribution in [0.3, 0.4) is 0 Å². The smallest absolute Gasteiger partial charge is 0.137 e. The summed E-state index contributed by atoms with van der Waals surface area (Å²) in [5.74, 6) is 0.946. The van der Waals surface area contributed by atoms with Gasteiger partial charge in [-0.05, 0) is 38.5 Å². The van der Waals surface area contributed by atoms with Gasteiger partial charge >= 0.3 is 0 Å². The topological polar surface area (TPSA) is 9.23 Å². The molecule has 0 amide bonds. The van der Waals surface area contributed by atoms with Crippen molar-refractivity contribution in [3.63, 3.8) is 0 Å². The molecule has 19 heavy (non-hydrogen) atoms. The Morgan fingerprint density at radius 3 is 2.00 bits per heavy atom. The summed E-state index contributed by atoms with van der Waals surface area (Å²) < 4.78 is 6.95. The van der Waals surface area contributed by atoms with Gasteiger partial charge in [0.1, 0.15) is 18.9 Å². The van der Waals surface area contributed by atoms with Crippen LogP contribution in [-0.4, -0.2) is 37.3 Å². The summed E-state index contributed by atoms with van der Waals surface area (Å²) >= 11 is 0. The minimum absolute atomic E-state index is 0. The van der Waals surface area contributed by atoms with Crippen molar-refractivity contribution in [3.05, 3.63) is 36.4 Å². The number of ether oxygens (including phenoxy) is 1. The van der Waals surface area contributed by atoms with Crippen LogP contribution in [0.4, 0.5) is 0 Å². The molecule has 2 nitrogen and oxygen atoms in total.